The molecule has 0 radical (unpaired) electrons. The maximum Gasteiger partial charge on any atom is 0.358 e. The Hall–Kier alpha value is -1.52. The first kappa shape index (κ1) is 8.58. The van der Waals surface area contributed by atoms with Crippen molar-refractivity contribution in [3.05, 3.63) is 17.7 Å². The first-order valence-corrected chi connectivity index (χ1v) is 3.63. The van der Waals surface area contributed by atoms with Crippen LogP contribution in [0.5, 0.6) is 0 Å². The summed E-state index contributed by atoms with van der Waals surface area (Å²) in [5.74, 6) is 5.62. The van der Waals surface area contributed by atoms with Crippen LogP contribution in [0, 0.1) is 6.92 Å². The van der Waals surface area contributed by atoms with Crippen LogP contribution in [0.1, 0.15) is 23.2 Å². The molecule has 0 atom stereocenters. The fraction of sp³-hybridized carbons (Fsp3) is 0.429. The molecule has 1 rings (SSSR count). The van der Waals surface area contributed by atoms with Gasteiger partial charge in [0.15, 0.2) is 5.69 Å². The molecule has 66 valence electrons. The number of hydrogen-bond donors (Lipinski definition) is 1. The molecule has 12 heavy (non-hydrogen) atoms. The molecule has 2 N–H and O–H groups in total. The number of carbonyl (C=O) groups is 1. The number of hydrogen-bond acceptors (Lipinski definition) is 4. The maximum atomic E-state index is 11.1. The molecule has 0 bridgehead atoms. The van der Waals surface area contributed by atoms with Crippen molar-refractivity contribution >= 4 is 5.97 Å². The van der Waals surface area contributed by atoms with E-state index in [1.54, 1.807) is 13.8 Å². The Morgan fingerprint density at radius 1 is 1.83 bits per heavy atom. The first-order chi connectivity index (χ1) is 5.66. The summed E-state index contributed by atoms with van der Waals surface area (Å²) in [5, 5.41) is 0. The van der Waals surface area contributed by atoms with Gasteiger partial charge in [-0.1, -0.05) is 0 Å². The van der Waals surface area contributed by atoms with Gasteiger partial charge in [-0.25, -0.2) is 14.5 Å². The molecule has 0 aliphatic carbocycles. The quantitative estimate of drug-likeness (QED) is 0.503. The highest BCUT2D eigenvalue weighted by Crippen LogP contribution is 2.01. The average molecular weight is 169 g/mol. The molecule has 0 fully saturated rings. The van der Waals surface area contributed by atoms with E-state index in [1.807, 2.05) is 0 Å². The molecule has 0 spiro atoms. The number of esters is 1. The van der Waals surface area contributed by atoms with E-state index in [4.69, 9.17) is 10.6 Å². The van der Waals surface area contributed by atoms with Crippen LogP contribution in [0.3, 0.4) is 0 Å². The standard InChI is InChI=1S/C7H11N3O2/c1-3-12-7(11)6-4-9-5(2)10(6)8/h4H,3,8H2,1-2H3. The van der Waals surface area contributed by atoms with Gasteiger partial charge in [0, 0.05) is 0 Å². The lowest BCUT2D eigenvalue weighted by atomic mass is 10.5. The minimum atomic E-state index is -0.444. The highest BCUT2D eigenvalue weighted by atomic mass is 16.5. The van der Waals surface area contributed by atoms with Crippen molar-refractivity contribution < 1.29 is 9.53 Å². The Morgan fingerprint density at radius 3 is 2.92 bits per heavy atom. The van der Waals surface area contributed by atoms with Gasteiger partial charge in [0.05, 0.1) is 12.8 Å². The third-order valence-electron chi connectivity index (χ3n) is 1.47. The lowest BCUT2D eigenvalue weighted by Crippen LogP contribution is -2.19. The SMILES string of the molecule is CCOC(=O)c1cnc(C)n1N. The number of nitrogens with zero attached hydrogens (tertiary/aromatic N) is 2. The van der Waals surface area contributed by atoms with Gasteiger partial charge in [-0.05, 0) is 13.8 Å². The first-order valence-electron chi connectivity index (χ1n) is 3.63. The Labute approximate surface area is 70.1 Å². The minimum Gasteiger partial charge on any atom is -0.461 e. The van der Waals surface area contributed by atoms with Crippen LogP contribution in [0.15, 0.2) is 6.20 Å². The molecule has 0 aromatic carbocycles. The number of nitrogens with two attached hydrogens (primary N) is 1. The van der Waals surface area contributed by atoms with Crippen LogP contribution in [0.2, 0.25) is 0 Å². The highest BCUT2D eigenvalue weighted by molar-refractivity contribution is 5.87. The fourth-order valence-electron chi connectivity index (χ4n) is 0.809. The molecular weight excluding hydrogens is 158 g/mol. The number of aromatic nitrogens is 2. The van der Waals surface area contributed by atoms with E-state index >= 15 is 0 Å². The molecule has 0 unspecified atom stereocenters. The molecule has 5 nitrogen and oxygen atoms in total. The maximum absolute atomic E-state index is 11.1. The zero-order valence-electron chi connectivity index (χ0n) is 7.07. The summed E-state index contributed by atoms with van der Waals surface area (Å²) in [6.45, 7) is 3.79. The normalized spacial score (nSPS) is 9.83. The molecule has 0 saturated carbocycles. The largest absolute Gasteiger partial charge is 0.461 e. The van der Waals surface area contributed by atoms with Crippen LogP contribution in [0.4, 0.5) is 0 Å². The second-order valence-corrected chi connectivity index (χ2v) is 2.28. The summed E-state index contributed by atoms with van der Waals surface area (Å²) < 4.78 is 5.95. The monoisotopic (exact) mass is 169 g/mol. The van der Waals surface area contributed by atoms with E-state index in [-0.39, 0.29) is 5.69 Å². The van der Waals surface area contributed by atoms with Crippen LogP contribution >= 0.6 is 0 Å². The Bertz CT molecular complexity index is 293. The fourth-order valence-corrected chi connectivity index (χ4v) is 0.809. The second kappa shape index (κ2) is 3.25. The van der Waals surface area contributed by atoms with Crippen LogP contribution in [0.25, 0.3) is 0 Å². The second-order valence-electron chi connectivity index (χ2n) is 2.28. The van der Waals surface area contributed by atoms with E-state index in [0.717, 1.165) is 0 Å². The Morgan fingerprint density at radius 2 is 2.50 bits per heavy atom. The topological polar surface area (TPSA) is 70.1 Å². The summed E-state index contributed by atoms with van der Waals surface area (Å²) in [5.41, 5.74) is 0.273. The van der Waals surface area contributed by atoms with Crippen molar-refractivity contribution in [3.63, 3.8) is 0 Å². The number of imidazole rings is 1. The van der Waals surface area contributed by atoms with Gasteiger partial charge >= 0.3 is 5.97 Å². The lowest BCUT2D eigenvalue weighted by molar-refractivity contribution is 0.0516. The summed E-state index contributed by atoms with van der Waals surface area (Å²) in [7, 11) is 0. The van der Waals surface area contributed by atoms with Gasteiger partial charge in [0.25, 0.3) is 0 Å². The zero-order valence-corrected chi connectivity index (χ0v) is 7.07. The van der Waals surface area contributed by atoms with Crippen LogP contribution in [-0.4, -0.2) is 22.2 Å². The third-order valence-corrected chi connectivity index (χ3v) is 1.47. The van der Waals surface area contributed by atoms with Gasteiger partial charge in [0.1, 0.15) is 5.82 Å². The van der Waals surface area contributed by atoms with Crippen molar-refractivity contribution in [1.29, 1.82) is 0 Å². The third kappa shape index (κ3) is 1.39. The zero-order chi connectivity index (χ0) is 9.14. The van der Waals surface area contributed by atoms with Gasteiger partial charge in [-0.15, -0.1) is 0 Å². The van der Waals surface area contributed by atoms with E-state index in [2.05, 4.69) is 4.98 Å². The number of aryl methyl sites for hydroxylation is 1. The predicted molar refractivity (Wildman–Crippen MR) is 43.1 cm³/mol. The van der Waals surface area contributed by atoms with Gasteiger partial charge in [-0.2, -0.15) is 0 Å². The molecule has 1 aromatic heterocycles. The van der Waals surface area contributed by atoms with Crippen LogP contribution in [-0.2, 0) is 4.74 Å². The van der Waals surface area contributed by atoms with E-state index < -0.39 is 5.97 Å². The van der Waals surface area contributed by atoms with E-state index in [1.165, 1.54) is 10.9 Å². The van der Waals surface area contributed by atoms with Crippen molar-refractivity contribution in [1.82, 2.24) is 9.66 Å². The molecular formula is C7H11N3O2. The summed E-state index contributed by atoms with van der Waals surface area (Å²) in [6, 6.07) is 0. The van der Waals surface area contributed by atoms with Crippen LogP contribution < -0.4 is 5.84 Å². The van der Waals surface area contributed by atoms with Gasteiger partial charge in [0.2, 0.25) is 0 Å². The molecule has 1 aromatic rings. The summed E-state index contributed by atoms with van der Waals surface area (Å²) >= 11 is 0. The number of nitrogen functional groups attached to an aromatic ring is 1. The number of carbonyl (C=O) groups excluding carboxylic acids is 1. The predicted octanol–water partition coefficient (Wildman–Crippen LogP) is 0.0820. The van der Waals surface area contributed by atoms with Crippen molar-refractivity contribution in [3.8, 4) is 0 Å². The molecule has 0 saturated heterocycles. The van der Waals surface area contributed by atoms with E-state index in [0.29, 0.717) is 12.4 Å². The summed E-state index contributed by atoms with van der Waals surface area (Å²) in [6.07, 6.45) is 1.40. The van der Waals surface area contributed by atoms with E-state index in [9.17, 15) is 4.79 Å². The Balaban J connectivity index is 2.88. The number of rotatable bonds is 2. The molecule has 0 amide bonds. The molecule has 5 heteroatoms. The smallest absolute Gasteiger partial charge is 0.358 e. The minimum absolute atomic E-state index is 0.273. The molecule has 0 aliphatic heterocycles. The van der Waals surface area contributed by atoms with Crippen molar-refractivity contribution in [2.24, 2.45) is 0 Å². The average Bonchev–Trinajstić information content (AvgIpc) is 2.34. The lowest BCUT2D eigenvalue weighted by Gasteiger charge is -2.01. The highest BCUT2D eigenvalue weighted by Gasteiger charge is 2.12. The number of ether oxygens (including phenoxy) is 1. The molecule has 0 aliphatic rings. The summed E-state index contributed by atoms with van der Waals surface area (Å²) in [4.78, 5) is 15.0. The van der Waals surface area contributed by atoms with Crippen molar-refractivity contribution in [2.45, 2.75) is 13.8 Å². The van der Waals surface area contributed by atoms with Gasteiger partial charge in [-0.3, -0.25) is 0 Å². The Kier molecular flexibility index (Phi) is 2.32. The van der Waals surface area contributed by atoms with Gasteiger partial charge < -0.3 is 10.6 Å². The molecule has 1 heterocycles. The van der Waals surface area contributed by atoms with Crippen molar-refractivity contribution in [2.75, 3.05) is 12.4 Å².